The zero-order valence-corrected chi connectivity index (χ0v) is 10.2. The first kappa shape index (κ1) is 12.2. The minimum atomic E-state index is -2.41. The predicted molar refractivity (Wildman–Crippen MR) is 57.9 cm³/mol. The van der Waals surface area contributed by atoms with Crippen LogP contribution in [0.1, 0.15) is 27.2 Å². The van der Waals surface area contributed by atoms with Crippen LogP contribution in [0.3, 0.4) is 0 Å². The quantitative estimate of drug-likeness (QED) is 0.740. The fourth-order valence-electron chi connectivity index (χ4n) is 1.76. The highest BCUT2D eigenvalue weighted by molar-refractivity contribution is 7.59. The van der Waals surface area contributed by atoms with Crippen LogP contribution in [0.15, 0.2) is 0 Å². The van der Waals surface area contributed by atoms with Gasteiger partial charge in [0, 0.05) is 12.3 Å². The van der Waals surface area contributed by atoms with Gasteiger partial charge < -0.3 is 9.63 Å². The first-order chi connectivity index (χ1) is 6.47. The highest BCUT2D eigenvalue weighted by Crippen LogP contribution is 2.57. The molecule has 0 aromatic rings. The van der Waals surface area contributed by atoms with Gasteiger partial charge in [-0.15, -0.1) is 0 Å². The second kappa shape index (κ2) is 4.78. The van der Waals surface area contributed by atoms with Crippen LogP contribution in [-0.2, 0) is 9.09 Å². The van der Waals surface area contributed by atoms with Crippen molar-refractivity contribution in [3.05, 3.63) is 0 Å². The summed E-state index contributed by atoms with van der Waals surface area (Å²) in [6.45, 7) is 6.35. The number of hydrogen-bond donors (Lipinski definition) is 1. The monoisotopic (exact) mass is 220 g/mol. The summed E-state index contributed by atoms with van der Waals surface area (Å²) in [5.74, 6) is 0.971. The molecule has 0 aromatic carbocycles. The molecule has 1 heterocycles. The molecule has 1 aliphatic heterocycles. The molecule has 84 valence electrons. The van der Waals surface area contributed by atoms with Gasteiger partial charge in [-0.1, -0.05) is 20.8 Å². The minimum absolute atomic E-state index is 0.229. The van der Waals surface area contributed by atoms with Crippen LogP contribution < -0.4 is 0 Å². The van der Waals surface area contributed by atoms with Crippen molar-refractivity contribution in [3.63, 3.8) is 0 Å². The van der Waals surface area contributed by atoms with Crippen LogP contribution in [0.5, 0.6) is 0 Å². The molecule has 0 saturated carbocycles. The summed E-state index contributed by atoms with van der Waals surface area (Å²) in [6, 6.07) is 0. The third-order valence-electron chi connectivity index (χ3n) is 3.08. The molecule has 1 saturated heterocycles. The lowest BCUT2D eigenvalue weighted by molar-refractivity contribution is 0.106. The molecule has 1 rings (SSSR count). The topological polar surface area (TPSA) is 46.5 Å². The summed E-state index contributed by atoms with van der Waals surface area (Å²) in [6.07, 6.45) is 1.56. The van der Waals surface area contributed by atoms with E-state index in [4.69, 9.17) is 4.52 Å². The smallest absolute Gasteiger partial charge is 0.203 e. The van der Waals surface area contributed by atoms with Crippen LogP contribution in [0.2, 0.25) is 0 Å². The third-order valence-corrected chi connectivity index (χ3v) is 5.96. The Kier molecular flexibility index (Phi) is 4.17. The molecule has 0 aromatic heterocycles. The van der Waals surface area contributed by atoms with Gasteiger partial charge >= 0.3 is 0 Å². The van der Waals surface area contributed by atoms with Crippen molar-refractivity contribution in [1.29, 1.82) is 0 Å². The largest absolute Gasteiger partial charge is 0.391 e. The molecule has 3 nitrogen and oxygen atoms in total. The lowest BCUT2D eigenvalue weighted by atomic mass is 10.0. The summed E-state index contributed by atoms with van der Waals surface area (Å²) < 4.78 is 17.5. The van der Waals surface area contributed by atoms with Gasteiger partial charge in [-0.05, 0) is 18.3 Å². The Morgan fingerprint density at radius 3 is 2.36 bits per heavy atom. The summed E-state index contributed by atoms with van der Waals surface area (Å²) >= 11 is 0. The van der Waals surface area contributed by atoms with Crippen molar-refractivity contribution in [2.45, 2.75) is 33.3 Å². The SMILES string of the molecule is CCC(O)COP1(=O)CC(C)[C@H](C)C1. The highest BCUT2D eigenvalue weighted by Gasteiger charge is 2.38. The third kappa shape index (κ3) is 3.08. The molecule has 0 bridgehead atoms. The van der Waals surface area contributed by atoms with Crippen molar-refractivity contribution in [2.75, 3.05) is 18.9 Å². The van der Waals surface area contributed by atoms with E-state index in [2.05, 4.69) is 13.8 Å². The maximum absolute atomic E-state index is 12.1. The van der Waals surface area contributed by atoms with Gasteiger partial charge in [0.2, 0.25) is 7.37 Å². The van der Waals surface area contributed by atoms with E-state index in [-0.39, 0.29) is 6.61 Å². The first-order valence-corrected chi connectivity index (χ1v) is 7.37. The van der Waals surface area contributed by atoms with Crippen molar-refractivity contribution in [3.8, 4) is 0 Å². The number of aliphatic hydroxyl groups excluding tert-OH is 1. The standard InChI is InChI=1S/C10H21O3P/c1-4-10(11)5-13-14(12)6-8(2)9(3)7-14/h8-11H,4-7H2,1-3H3/t8-,9?,10?,14?/m1/s1. The van der Waals surface area contributed by atoms with Crippen LogP contribution in [-0.4, -0.2) is 30.1 Å². The first-order valence-electron chi connectivity index (χ1n) is 5.37. The normalized spacial score (nSPS) is 40.0. The predicted octanol–water partition coefficient (Wildman–Crippen LogP) is 2.34. The number of aliphatic hydroxyl groups is 1. The van der Waals surface area contributed by atoms with Gasteiger partial charge in [0.1, 0.15) is 0 Å². The van der Waals surface area contributed by atoms with E-state index >= 15 is 0 Å². The molecular weight excluding hydrogens is 199 g/mol. The van der Waals surface area contributed by atoms with Crippen molar-refractivity contribution >= 4 is 7.37 Å². The fraction of sp³-hybridized carbons (Fsp3) is 1.00. The second-order valence-corrected chi connectivity index (χ2v) is 7.11. The number of rotatable bonds is 4. The van der Waals surface area contributed by atoms with Gasteiger partial charge in [-0.2, -0.15) is 0 Å². The van der Waals surface area contributed by atoms with Crippen molar-refractivity contribution in [1.82, 2.24) is 0 Å². The van der Waals surface area contributed by atoms with E-state index in [1.807, 2.05) is 6.92 Å². The summed E-state index contributed by atoms with van der Waals surface area (Å²) in [5, 5.41) is 9.32. The van der Waals surface area contributed by atoms with Crippen LogP contribution in [0, 0.1) is 11.8 Å². The van der Waals surface area contributed by atoms with E-state index in [1.165, 1.54) is 0 Å². The van der Waals surface area contributed by atoms with E-state index in [9.17, 15) is 9.67 Å². The zero-order chi connectivity index (χ0) is 10.8. The molecule has 1 fully saturated rings. The van der Waals surface area contributed by atoms with Gasteiger partial charge in [0.05, 0.1) is 12.7 Å². The molecule has 3 unspecified atom stereocenters. The van der Waals surface area contributed by atoms with Gasteiger partial charge in [0.25, 0.3) is 0 Å². The second-order valence-electron chi connectivity index (χ2n) is 4.49. The molecular formula is C10H21O3P. The Labute approximate surface area is 86.3 Å². The Morgan fingerprint density at radius 2 is 1.93 bits per heavy atom. The molecule has 1 N–H and O–H groups in total. The molecule has 1 aliphatic rings. The van der Waals surface area contributed by atoms with Crippen molar-refractivity contribution in [2.24, 2.45) is 11.8 Å². The van der Waals surface area contributed by atoms with E-state index < -0.39 is 13.5 Å². The molecule has 0 radical (unpaired) electrons. The molecule has 0 aliphatic carbocycles. The Balaban J connectivity index is 2.41. The van der Waals surface area contributed by atoms with E-state index in [0.717, 1.165) is 0 Å². The highest BCUT2D eigenvalue weighted by atomic mass is 31.2. The summed E-state index contributed by atoms with van der Waals surface area (Å²) in [4.78, 5) is 0. The Hall–Kier alpha value is 0.150. The maximum atomic E-state index is 12.1. The van der Waals surface area contributed by atoms with Gasteiger partial charge in [0.15, 0.2) is 0 Å². The summed E-state index contributed by atoms with van der Waals surface area (Å²) in [5.41, 5.74) is 0. The summed E-state index contributed by atoms with van der Waals surface area (Å²) in [7, 11) is -2.41. The molecule has 4 heteroatoms. The lowest BCUT2D eigenvalue weighted by Gasteiger charge is -2.15. The lowest BCUT2D eigenvalue weighted by Crippen LogP contribution is -2.13. The van der Waals surface area contributed by atoms with E-state index in [0.29, 0.717) is 30.6 Å². The molecule has 0 spiro atoms. The average molecular weight is 220 g/mol. The van der Waals surface area contributed by atoms with Gasteiger partial charge in [-0.3, -0.25) is 4.57 Å². The molecule has 4 atom stereocenters. The Morgan fingerprint density at radius 1 is 1.43 bits per heavy atom. The van der Waals surface area contributed by atoms with Crippen molar-refractivity contribution < 1.29 is 14.2 Å². The van der Waals surface area contributed by atoms with Crippen LogP contribution in [0.4, 0.5) is 0 Å². The minimum Gasteiger partial charge on any atom is -0.391 e. The molecule has 0 amide bonds. The molecule has 14 heavy (non-hydrogen) atoms. The van der Waals surface area contributed by atoms with Crippen LogP contribution >= 0.6 is 7.37 Å². The van der Waals surface area contributed by atoms with E-state index in [1.54, 1.807) is 0 Å². The van der Waals surface area contributed by atoms with Gasteiger partial charge in [-0.25, -0.2) is 0 Å². The maximum Gasteiger partial charge on any atom is 0.203 e. The zero-order valence-electron chi connectivity index (χ0n) is 9.27. The fourth-order valence-corrected chi connectivity index (χ4v) is 5.04. The number of hydrogen-bond acceptors (Lipinski definition) is 3. The Bertz CT molecular complexity index is 215. The average Bonchev–Trinajstić information content (AvgIpc) is 2.38. The van der Waals surface area contributed by atoms with Crippen LogP contribution in [0.25, 0.3) is 0 Å².